The summed E-state index contributed by atoms with van der Waals surface area (Å²) in [6.07, 6.45) is 0.711. The van der Waals surface area contributed by atoms with Gasteiger partial charge in [0.2, 0.25) is 5.82 Å². The third kappa shape index (κ3) is 5.11. The highest BCUT2D eigenvalue weighted by atomic mass is 19.2. The molecule has 8 nitrogen and oxygen atoms in total. The lowest BCUT2D eigenvalue weighted by molar-refractivity contribution is 0.0620. The number of amides is 1. The van der Waals surface area contributed by atoms with Gasteiger partial charge in [-0.05, 0) is 36.8 Å². The zero-order chi connectivity index (χ0) is 25.8. The molecule has 1 amide bonds. The fourth-order valence-electron chi connectivity index (χ4n) is 3.81. The molecule has 0 radical (unpaired) electrons. The minimum atomic E-state index is -1.79. The van der Waals surface area contributed by atoms with Crippen molar-refractivity contribution in [2.45, 2.75) is 6.42 Å². The van der Waals surface area contributed by atoms with Crippen LogP contribution in [0.5, 0.6) is 11.5 Å². The lowest BCUT2D eigenvalue weighted by atomic mass is 10.1. The van der Waals surface area contributed by atoms with Gasteiger partial charge in [0.15, 0.2) is 28.8 Å². The van der Waals surface area contributed by atoms with E-state index in [0.29, 0.717) is 57.6 Å². The molecule has 0 bridgehead atoms. The molecule has 0 unspecified atom stereocenters. The summed E-state index contributed by atoms with van der Waals surface area (Å²) >= 11 is 0. The molecule has 4 rings (SSSR count). The summed E-state index contributed by atoms with van der Waals surface area (Å²) in [5.74, 6) is -7.45. The summed E-state index contributed by atoms with van der Waals surface area (Å²) in [6, 6.07) is 7.84. The van der Waals surface area contributed by atoms with Crippen LogP contribution in [-0.2, 0) is 0 Å². The van der Waals surface area contributed by atoms with Crippen LogP contribution < -0.4 is 4.74 Å². The summed E-state index contributed by atoms with van der Waals surface area (Å²) < 4.78 is 64.9. The van der Waals surface area contributed by atoms with E-state index in [-0.39, 0.29) is 5.82 Å². The molecule has 0 atom stereocenters. The van der Waals surface area contributed by atoms with Crippen LogP contribution in [0.2, 0.25) is 0 Å². The van der Waals surface area contributed by atoms with E-state index in [2.05, 4.69) is 10.1 Å². The summed E-state index contributed by atoms with van der Waals surface area (Å²) in [7, 11) is 0. The molecular weight excluding hydrogens is 484 g/mol. The first-order chi connectivity index (χ1) is 17.3. The third-order valence-electron chi connectivity index (χ3n) is 5.74. The maximum atomic E-state index is 14.3. The first kappa shape index (κ1) is 25.0. The second-order valence-corrected chi connectivity index (χ2v) is 8.02. The molecule has 36 heavy (non-hydrogen) atoms. The predicted molar refractivity (Wildman–Crippen MR) is 117 cm³/mol. The minimum absolute atomic E-state index is 0.324. The van der Waals surface area contributed by atoms with Crippen molar-refractivity contribution in [3.05, 3.63) is 64.9 Å². The van der Waals surface area contributed by atoms with Crippen LogP contribution in [-0.4, -0.2) is 65.3 Å². The number of aromatic nitrogens is 1. The molecule has 0 aliphatic carbocycles. The lowest BCUT2D eigenvalue weighted by Crippen LogP contribution is -2.49. The summed E-state index contributed by atoms with van der Waals surface area (Å²) in [4.78, 5) is 16.5. The second-order valence-electron chi connectivity index (χ2n) is 8.02. The Morgan fingerprint density at radius 3 is 2.47 bits per heavy atom. The second kappa shape index (κ2) is 10.7. The van der Waals surface area contributed by atoms with Crippen molar-refractivity contribution in [3.8, 4) is 28.9 Å². The molecule has 3 aromatic rings. The number of hydrogen-bond acceptors (Lipinski definition) is 7. The largest absolute Gasteiger partial charge is 0.503 e. The fraction of sp³-hybridized carbons (Fsp3) is 0.292. The van der Waals surface area contributed by atoms with Crippen LogP contribution in [0.15, 0.2) is 34.9 Å². The summed E-state index contributed by atoms with van der Waals surface area (Å²) in [5.41, 5.74) is -1.58. The molecule has 0 saturated carbocycles. The topological polar surface area (TPSA) is 103 Å². The van der Waals surface area contributed by atoms with Crippen molar-refractivity contribution in [3.63, 3.8) is 0 Å². The van der Waals surface area contributed by atoms with Crippen LogP contribution in [0.3, 0.4) is 0 Å². The van der Waals surface area contributed by atoms with E-state index in [0.717, 1.165) is 0 Å². The number of ether oxygens (including phenoxy) is 1. The van der Waals surface area contributed by atoms with Gasteiger partial charge in [0.25, 0.3) is 5.91 Å². The van der Waals surface area contributed by atoms with Crippen molar-refractivity contribution in [2.24, 2.45) is 0 Å². The van der Waals surface area contributed by atoms with Gasteiger partial charge >= 0.3 is 0 Å². The van der Waals surface area contributed by atoms with E-state index in [1.54, 1.807) is 18.2 Å². The Morgan fingerprint density at radius 1 is 1.11 bits per heavy atom. The van der Waals surface area contributed by atoms with Gasteiger partial charge in [-0.15, -0.1) is 0 Å². The average Bonchev–Trinajstić information content (AvgIpc) is 3.32. The van der Waals surface area contributed by atoms with Gasteiger partial charge in [0.05, 0.1) is 12.2 Å². The van der Waals surface area contributed by atoms with Crippen molar-refractivity contribution >= 4 is 5.91 Å². The highest BCUT2D eigenvalue weighted by molar-refractivity contribution is 5.96. The molecule has 1 aliphatic heterocycles. The van der Waals surface area contributed by atoms with Crippen LogP contribution in [0.4, 0.5) is 17.6 Å². The smallest absolute Gasteiger partial charge is 0.277 e. The van der Waals surface area contributed by atoms with E-state index >= 15 is 0 Å². The van der Waals surface area contributed by atoms with E-state index < -0.39 is 51.7 Å². The number of phenols is 1. The Hall–Kier alpha value is -4.11. The number of nitrogens with zero attached hydrogens (tertiary/aromatic N) is 4. The first-order valence-corrected chi connectivity index (χ1v) is 11.0. The van der Waals surface area contributed by atoms with Crippen LogP contribution in [0.25, 0.3) is 11.3 Å². The molecule has 1 fully saturated rings. The number of rotatable bonds is 7. The highest BCUT2D eigenvalue weighted by Gasteiger charge is 2.31. The van der Waals surface area contributed by atoms with Crippen molar-refractivity contribution < 1.29 is 36.7 Å². The minimum Gasteiger partial charge on any atom is -0.503 e. The third-order valence-corrected chi connectivity index (χ3v) is 5.74. The first-order valence-electron chi connectivity index (χ1n) is 11.0. The number of phenolic OH excluding ortho intramolecular Hbond substituents is 1. The molecule has 0 spiro atoms. The number of benzene rings is 2. The Bertz CT molecular complexity index is 1300. The molecule has 1 N–H and O–H groups in total. The summed E-state index contributed by atoms with van der Waals surface area (Å²) in [6.45, 7) is 2.88. The van der Waals surface area contributed by atoms with E-state index in [9.17, 15) is 32.7 Å². The highest BCUT2D eigenvalue weighted by Crippen LogP contribution is 2.35. The molecule has 1 saturated heterocycles. The SMILES string of the molecule is N#Cc1c(C(=O)N2CCN(CCCOc3ccc(F)cc3)CC2)noc1-c1cc(F)c(F)c(O)c1F. The van der Waals surface area contributed by atoms with Gasteiger partial charge in [-0.1, -0.05) is 5.16 Å². The predicted octanol–water partition coefficient (Wildman–Crippen LogP) is 3.70. The quantitative estimate of drug-likeness (QED) is 0.297. The monoisotopic (exact) mass is 504 g/mol. The van der Waals surface area contributed by atoms with Crippen molar-refractivity contribution in [2.75, 3.05) is 39.3 Å². The summed E-state index contributed by atoms with van der Waals surface area (Å²) in [5, 5.41) is 22.5. The number of carbonyl (C=O) groups excluding carboxylic acids is 1. The van der Waals surface area contributed by atoms with Crippen LogP contribution in [0, 0.1) is 34.6 Å². The van der Waals surface area contributed by atoms with Gasteiger partial charge in [-0.2, -0.15) is 9.65 Å². The molecule has 188 valence electrons. The van der Waals surface area contributed by atoms with Crippen molar-refractivity contribution in [1.82, 2.24) is 15.0 Å². The number of hydrogen-bond donors (Lipinski definition) is 1. The number of halogens is 4. The number of nitriles is 1. The molecule has 1 aromatic heterocycles. The Labute approximate surface area is 202 Å². The maximum absolute atomic E-state index is 14.3. The standard InChI is InChI=1S/C24H20F4N4O4/c25-14-2-4-15(5-3-14)35-11-1-6-31-7-9-32(10-8-31)24(34)21-17(13-29)23(36-30-21)16-12-18(26)20(28)22(33)19(16)27/h2-5,12,33H,1,6-11H2. The zero-order valence-electron chi connectivity index (χ0n) is 18.8. The van der Waals surface area contributed by atoms with Crippen molar-refractivity contribution in [1.29, 1.82) is 5.26 Å². The van der Waals surface area contributed by atoms with Crippen LogP contribution in [0.1, 0.15) is 22.5 Å². The van der Waals surface area contributed by atoms with E-state index in [4.69, 9.17) is 9.26 Å². The van der Waals surface area contributed by atoms with Gasteiger partial charge in [0.1, 0.15) is 23.2 Å². The number of piperazine rings is 1. The van der Waals surface area contributed by atoms with Crippen LogP contribution >= 0.6 is 0 Å². The lowest BCUT2D eigenvalue weighted by Gasteiger charge is -2.34. The van der Waals surface area contributed by atoms with E-state index in [1.807, 2.05) is 0 Å². The molecule has 2 aromatic carbocycles. The molecule has 1 aliphatic rings. The zero-order valence-corrected chi connectivity index (χ0v) is 18.8. The average molecular weight is 504 g/mol. The molecule has 12 heteroatoms. The van der Waals surface area contributed by atoms with Gasteiger partial charge in [-0.3, -0.25) is 9.69 Å². The number of carbonyl (C=O) groups is 1. The molecular formula is C24H20F4N4O4. The maximum Gasteiger partial charge on any atom is 0.277 e. The fourth-order valence-corrected chi connectivity index (χ4v) is 3.81. The molecule has 2 heterocycles. The normalized spacial score (nSPS) is 14.0. The van der Waals surface area contributed by atoms with Gasteiger partial charge < -0.3 is 19.3 Å². The Balaban J connectivity index is 1.35. The Morgan fingerprint density at radius 2 is 1.81 bits per heavy atom. The Kier molecular flexibility index (Phi) is 7.40. The number of aromatic hydroxyl groups is 1. The van der Waals surface area contributed by atoms with Gasteiger partial charge in [0, 0.05) is 32.7 Å². The van der Waals surface area contributed by atoms with Gasteiger partial charge in [-0.25, -0.2) is 13.2 Å². The van der Waals surface area contributed by atoms with E-state index in [1.165, 1.54) is 17.0 Å².